The molecule has 9 heteroatoms. The molecular formula is C19H23N3O6. The number of carbonyl (C=O) groups excluding carboxylic acids is 3. The second kappa shape index (κ2) is 10.6. The fourth-order valence-corrected chi connectivity index (χ4v) is 1.90. The predicted molar refractivity (Wildman–Crippen MR) is 101 cm³/mol. The Morgan fingerprint density at radius 2 is 1.93 bits per heavy atom. The first-order valence-electron chi connectivity index (χ1n) is 8.29. The van der Waals surface area contributed by atoms with Crippen LogP contribution in [0.4, 0.5) is 4.79 Å². The van der Waals surface area contributed by atoms with Crippen molar-refractivity contribution in [1.29, 1.82) is 5.26 Å². The molecule has 0 aliphatic carbocycles. The molecule has 0 radical (unpaired) electrons. The fourth-order valence-electron chi connectivity index (χ4n) is 1.90. The molecule has 1 aromatic rings. The van der Waals surface area contributed by atoms with Gasteiger partial charge in [0.05, 0.1) is 7.11 Å². The van der Waals surface area contributed by atoms with Crippen LogP contribution in [-0.4, -0.2) is 43.8 Å². The minimum atomic E-state index is -0.754. The Morgan fingerprint density at radius 3 is 2.54 bits per heavy atom. The average Bonchev–Trinajstić information content (AvgIpc) is 2.61. The number of ether oxygens (including phenoxy) is 3. The number of carbonyl (C=O) groups is 3. The number of rotatable bonds is 7. The number of amides is 3. The number of benzene rings is 1. The summed E-state index contributed by atoms with van der Waals surface area (Å²) >= 11 is 0. The lowest BCUT2D eigenvalue weighted by atomic mass is 10.1. The number of methoxy groups -OCH3 is 1. The van der Waals surface area contributed by atoms with Gasteiger partial charge in [-0.2, -0.15) is 5.26 Å². The smallest absolute Gasteiger partial charge is 0.331 e. The molecule has 1 rings (SSSR count). The fraction of sp³-hybridized carbons (Fsp3) is 0.368. The molecule has 0 bridgehead atoms. The largest absolute Gasteiger partial charge is 0.493 e. The number of nitriles is 1. The average molecular weight is 389 g/mol. The van der Waals surface area contributed by atoms with Crippen molar-refractivity contribution >= 4 is 24.0 Å². The molecule has 150 valence electrons. The van der Waals surface area contributed by atoms with E-state index in [4.69, 9.17) is 19.5 Å². The minimum absolute atomic E-state index is 0.117. The first-order valence-corrected chi connectivity index (χ1v) is 8.29. The van der Waals surface area contributed by atoms with Crippen LogP contribution in [0, 0.1) is 11.3 Å². The molecule has 0 unspecified atom stereocenters. The normalized spacial score (nSPS) is 10.7. The van der Waals surface area contributed by atoms with Crippen LogP contribution in [0.15, 0.2) is 24.3 Å². The molecule has 28 heavy (non-hydrogen) atoms. The van der Waals surface area contributed by atoms with E-state index in [1.54, 1.807) is 39.0 Å². The van der Waals surface area contributed by atoms with Gasteiger partial charge in [0, 0.05) is 11.6 Å². The Balaban J connectivity index is 2.54. The highest BCUT2D eigenvalue weighted by atomic mass is 16.5. The zero-order valence-corrected chi connectivity index (χ0v) is 16.2. The number of urea groups is 1. The van der Waals surface area contributed by atoms with Gasteiger partial charge in [-0.15, -0.1) is 0 Å². The maximum Gasteiger partial charge on any atom is 0.331 e. The molecule has 0 atom stereocenters. The molecule has 9 nitrogen and oxygen atoms in total. The van der Waals surface area contributed by atoms with Crippen LogP contribution < -0.4 is 20.1 Å². The Morgan fingerprint density at radius 1 is 1.21 bits per heavy atom. The number of imide groups is 1. The summed E-state index contributed by atoms with van der Waals surface area (Å²) in [4.78, 5) is 34.9. The maximum atomic E-state index is 11.7. The molecule has 0 heterocycles. The zero-order chi connectivity index (χ0) is 21.2. The van der Waals surface area contributed by atoms with Crippen LogP contribution in [0.2, 0.25) is 0 Å². The minimum Gasteiger partial charge on any atom is -0.493 e. The van der Waals surface area contributed by atoms with Crippen LogP contribution >= 0.6 is 0 Å². The summed E-state index contributed by atoms with van der Waals surface area (Å²) in [6.07, 6.45) is 2.59. The third-order valence-corrected chi connectivity index (χ3v) is 2.98. The second-order valence-electron chi connectivity index (χ2n) is 6.55. The van der Waals surface area contributed by atoms with Crippen molar-refractivity contribution in [3.05, 3.63) is 29.8 Å². The van der Waals surface area contributed by atoms with Gasteiger partial charge in [0.2, 0.25) is 0 Å². The molecule has 0 spiro atoms. The van der Waals surface area contributed by atoms with E-state index in [2.05, 4.69) is 10.6 Å². The van der Waals surface area contributed by atoms with Crippen LogP contribution in [0.5, 0.6) is 11.5 Å². The summed E-state index contributed by atoms with van der Waals surface area (Å²) in [5.74, 6) is -0.705. The quantitative estimate of drug-likeness (QED) is 0.537. The van der Waals surface area contributed by atoms with Crippen molar-refractivity contribution < 1.29 is 28.6 Å². The van der Waals surface area contributed by atoms with Gasteiger partial charge in [0.15, 0.2) is 24.7 Å². The van der Waals surface area contributed by atoms with Crippen LogP contribution in [0.3, 0.4) is 0 Å². The van der Waals surface area contributed by atoms with E-state index < -0.39 is 30.1 Å². The lowest BCUT2D eigenvalue weighted by Gasteiger charge is -2.20. The van der Waals surface area contributed by atoms with E-state index in [-0.39, 0.29) is 6.61 Å². The van der Waals surface area contributed by atoms with E-state index in [0.29, 0.717) is 17.1 Å². The number of esters is 1. The SMILES string of the molecule is COc1cc(/C=C/C(=O)OCC(=O)NC(=O)NC(C)(C)C)ccc1OCC#N. The van der Waals surface area contributed by atoms with Crippen molar-refractivity contribution in [3.63, 3.8) is 0 Å². The van der Waals surface area contributed by atoms with E-state index in [1.165, 1.54) is 13.2 Å². The number of hydrogen-bond acceptors (Lipinski definition) is 7. The molecular weight excluding hydrogens is 366 g/mol. The first kappa shape index (κ1) is 22.5. The molecule has 0 fully saturated rings. The monoisotopic (exact) mass is 389 g/mol. The van der Waals surface area contributed by atoms with E-state index in [9.17, 15) is 14.4 Å². The highest BCUT2D eigenvalue weighted by molar-refractivity contribution is 5.96. The number of hydrogen-bond donors (Lipinski definition) is 2. The summed E-state index contributed by atoms with van der Waals surface area (Å²) in [6, 6.07) is 6.05. The highest BCUT2D eigenvalue weighted by Gasteiger charge is 2.16. The van der Waals surface area contributed by atoms with Gasteiger partial charge in [-0.3, -0.25) is 10.1 Å². The Kier molecular flexibility index (Phi) is 8.49. The van der Waals surface area contributed by atoms with Gasteiger partial charge in [-0.25, -0.2) is 9.59 Å². The van der Waals surface area contributed by atoms with Gasteiger partial charge in [-0.05, 0) is 44.5 Å². The topological polar surface area (TPSA) is 127 Å². The number of nitrogens with one attached hydrogen (secondary N) is 2. The van der Waals surface area contributed by atoms with Gasteiger partial charge < -0.3 is 19.5 Å². The van der Waals surface area contributed by atoms with E-state index in [1.807, 2.05) is 6.07 Å². The molecule has 0 saturated carbocycles. The lowest BCUT2D eigenvalue weighted by molar-refractivity contribution is -0.143. The standard InChI is InChI=1S/C19H23N3O6/c1-19(2,3)22-18(25)21-16(23)12-28-17(24)8-6-13-5-7-14(27-10-9-20)15(11-13)26-4/h5-8,11H,10,12H2,1-4H3,(H2,21,22,23,25)/b8-6+. The molecule has 2 N–H and O–H groups in total. The Hall–Kier alpha value is -3.54. The van der Waals surface area contributed by atoms with Crippen molar-refractivity contribution in [3.8, 4) is 17.6 Å². The summed E-state index contributed by atoms with van der Waals surface area (Å²) in [5, 5.41) is 13.2. The Bertz CT molecular complexity index is 790. The van der Waals surface area contributed by atoms with E-state index in [0.717, 1.165) is 6.08 Å². The van der Waals surface area contributed by atoms with Gasteiger partial charge >= 0.3 is 12.0 Å². The summed E-state index contributed by atoms with van der Waals surface area (Å²) in [5.41, 5.74) is 0.118. The molecule has 1 aromatic carbocycles. The van der Waals surface area contributed by atoms with Crippen molar-refractivity contribution in [2.45, 2.75) is 26.3 Å². The molecule has 0 aromatic heterocycles. The molecule has 0 aliphatic rings. The van der Waals surface area contributed by atoms with Gasteiger partial charge in [0.25, 0.3) is 5.91 Å². The third kappa shape index (κ3) is 8.71. The van der Waals surface area contributed by atoms with Crippen LogP contribution in [-0.2, 0) is 14.3 Å². The van der Waals surface area contributed by atoms with Gasteiger partial charge in [0.1, 0.15) is 6.07 Å². The number of nitrogens with zero attached hydrogens (tertiary/aromatic N) is 1. The third-order valence-electron chi connectivity index (χ3n) is 2.98. The summed E-state index contributed by atoms with van der Waals surface area (Å²) < 4.78 is 15.2. The van der Waals surface area contributed by atoms with Crippen molar-refractivity contribution in [2.75, 3.05) is 20.3 Å². The first-order chi connectivity index (χ1) is 13.1. The second-order valence-corrected chi connectivity index (χ2v) is 6.55. The molecule has 0 aliphatic heterocycles. The highest BCUT2D eigenvalue weighted by Crippen LogP contribution is 2.28. The molecule has 0 saturated heterocycles. The van der Waals surface area contributed by atoms with Crippen LogP contribution in [0.25, 0.3) is 6.08 Å². The van der Waals surface area contributed by atoms with Gasteiger partial charge in [-0.1, -0.05) is 6.07 Å². The van der Waals surface area contributed by atoms with E-state index >= 15 is 0 Å². The van der Waals surface area contributed by atoms with Crippen LogP contribution in [0.1, 0.15) is 26.3 Å². The predicted octanol–water partition coefficient (Wildman–Crippen LogP) is 1.78. The van der Waals surface area contributed by atoms with Crippen molar-refractivity contribution in [1.82, 2.24) is 10.6 Å². The lowest BCUT2D eigenvalue weighted by Crippen LogP contribution is -2.49. The van der Waals surface area contributed by atoms with Crippen molar-refractivity contribution in [2.24, 2.45) is 0 Å². The Labute approximate surface area is 163 Å². The zero-order valence-electron chi connectivity index (χ0n) is 16.2. The molecule has 3 amide bonds. The summed E-state index contributed by atoms with van der Waals surface area (Å²) in [6.45, 7) is 4.58. The summed E-state index contributed by atoms with van der Waals surface area (Å²) in [7, 11) is 1.45. The maximum absolute atomic E-state index is 11.7.